The van der Waals surface area contributed by atoms with Gasteiger partial charge in [-0.1, -0.05) is 0 Å². The van der Waals surface area contributed by atoms with Crippen LogP contribution in [0.2, 0.25) is 0 Å². The van der Waals surface area contributed by atoms with Crippen LogP contribution in [0.3, 0.4) is 0 Å². The standard InChI is InChI=1S/C8H16N2O/c1-6(9)7(11)10-8(2)4-3-5-8/h6H,3-5,9H2,1-2H3,(H,10,11). The van der Waals surface area contributed by atoms with Crippen molar-refractivity contribution in [3.8, 4) is 0 Å². The van der Waals surface area contributed by atoms with Crippen LogP contribution in [-0.4, -0.2) is 17.5 Å². The van der Waals surface area contributed by atoms with E-state index in [4.69, 9.17) is 5.73 Å². The maximum Gasteiger partial charge on any atom is 0.237 e. The van der Waals surface area contributed by atoms with E-state index in [9.17, 15) is 4.79 Å². The monoisotopic (exact) mass is 156 g/mol. The molecule has 0 bridgehead atoms. The molecular formula is C8H16N2O. The second kappa shape index (κ2) is 2.81. The predicted molar refractivity (Wildman–Crippen MR) is 44.0 cm³/mol. The molecule has 11 heavy (non-hydrogen) atoms. The number of amides is 1. The highest BCUT2D eigenvalue weighted by Gasteiger charge is 2.33. The van der Waals surface area contributed by atoms with Gasteiger partial charge in [-0.2, -0.15) is 0 Å². The minimum atomic E-state index is -0.382. The van der Waals surface area contributed by atoms with Crippen molar-refractivity contribution in [2.45, 2.75) is 44.7 Å². The molecule has 1 fully saturated rings. The Balaban J connectivity index is 2.35. The third-order valence-electron chi connectivity index (χ3n) is 2.30. The second-order valence-electron chi connectivity index (χ2n) is 3.69. The summed E-state index contributed by atoms with van der Waals surface area (Å²) in [6, 6.07) is -0.382. The number of carbonyl (C=O) groups is 1. The van der Waals surface area contributed by atoms with Gasteiger partial charge in [-0.3, -0.25) is 4.79 Å². The lowest BCUT2D eigenvalue weighted by atomic mass is 9.78. The third kappa shape index (κ3) is 1.93. The minimum Gasteiger partial charge on any atom is -0.350 e. The molecule has 3 nitrogen and oxygen atoms in total. The summed E-state index contributed by atoms with van der Waals surface area (Å²) in [5.74, 6) is -0.0350. The van der Waals surface area contributed by atoms with Gasteiger partial charge in [0.2, 0.25) is 5.91 Å². The summed E-state index contributed by atoms with van der Waals surface area (Å²) in [6.07, 6.45) is 3.40. The van der Waals surface area contributed by atoms with Crippen LogP contribution in [0.1, 0.15) is 33.1 Å². The molecule has 0 spiro atoms. The molecule has 0 aromatic rings. The lowest BCUT2D eigenvalue weighted by molar-refractivity contribution is -0.124. The van der Waals surface area contributed by atoms with Crippen molar-refractivity contribution in [1.29, 1.82) is 0 Å². The quantitative estimate of drug-likeness (QED) is 0.607. The molecule has 0 radical (unpaired) electrons. The van der Waals surface area contributed by atoms with Gasteiger partial charge >= 0.3 is 0 Å². The van der Waals surface area contributed by atoms with E-state index in [0.29, 0.717) is 0 Å². The molecule has 0 heterocycles. The van der Waals surface area contributed by atoms with Crippen LogP contribution in [-0.2, 0) is 4.79 Å². The van der Waals surface area contributed by atoms with Crippen molar-refractivity contribution in [2.24, 2.45) is 5.73 Å². The average Bonchev–Trinajstić information content (AvgIpc) is 1.84. The first kappa shape index (κ1) is 8.53. The Morgan fingerprint density at radius 3 is 2.45 bits per heavy atom. The molecule has 64 valence electrons. The molecule has 1 aliphatic rings. The van der Waals surface area contributed by atoms with E-state index in [1.807, 2.05) is 0 Å². The van der Waals surface area contributed by atoms with Crippen molar-refractivity contribution in [3.63, 3.8) is 0 Å². The Bertz CT molecular complexity index is 161. The first-order chi connectivity index (χ1) is 5.03. The van der Waals surface area contributed by atoms with E-state index in [-0.39, 0.29) is 17.5 Å². The normalized spacial score (nSPS) is 23.5. The molecule has 1 aliphatic carbocycles. The van der Waals surface area contributed by atoms with Crippen LogP contribution in [0.4, 0.5) is 0 Å². The highest BCUT2D eigenvalue weighted by Crippen LogP contribution is 2.30. The zero-order valence-electron chi connectivity index (χ0n) is 7.18. The molecule has 0 aromatic heterocycles. The molecule has 1 amide bonds. The summed E-state index contributed by atoms with van der Waals surface area (Å²) < 4.78 is 0. The highest BCUT2D eigenvalue weighted by atomic mass is 16.2. The number of hydrogen-bond donors (Lipinski definition) is 2. The largest absolute Gasteiger partial charge is 0.350 e. The molecule has 1 unspecified atom stereocenters. The summed E-state index contributed by atoms with van der Waals surface area (Å²) in [5, 5.41) is 2.93. The Morgan fingerprint density at radius 1 is 1.64 bits per heavy atom. The van der Waals surface area contributed by atoms with Crippen LogP contribution < -0.4 is 11.1 Å². The lowest BCUT2D eigenvalue weighted by Crippen LogP contribution is -2.54. The minimum absolute atomic E-state index is 0.0350. The van der Waals surface area contributed by atoms with Crippen LogP contribution in [0, 0.1) is 0 Å². The van der Waals surface area contributed by atoms with Gasteiger partial charge in [0, 0.05) is 5.54 Å². The van der Waals surface area contributed by atoms with E-state index >= 15 is 0 Å². The summed E-state index contributed by atoms with van der Waals surface area (Å²) in [6.45, 7) is 3.77. The van der Waals surface area contributed by atoms with E-state index in [2.05, 4.69) is 12.2 Å². The molecule has 1 atom stereocenters. The molecule has 0 aromatic carbocycles. The summed E-state index contributed by atoms with van der Waals surface area (Å²) >= 11 is 0. The molecule has 3 N–H and O–H groups in total. The molecular weight excluding hydrogens is 140 g/mol. The summed E-state index contributed by atoms with van der Waals surface area (Å²) in [4.78, 5) is 11.1. The Morgan fingerprint density at radius 2 is 2.18 bits per heavy atom. The molecule has 1 rings (SSSR count). The van der Waals surface area contributed by atoms with E-state index < -0.39 is 0 Å². The second-order valence-corrected chi connectivity index (χ2v) is 3.69. The van der Waals surface area contributed by atoms with Crippen molar-refractivity contribution < 1.29 is 4.79 Å². The third-order valence-corrected chi connectivity index (χ3v) is 2.30. The van der Waals surface area contributed by atoms with E-state index in [1.54, 1.807) is 6.92 Å². The van der Waals surface area contributed by atoms with Crippen LogP contribution in [0.15, 0.2) is 0 Å². The van der Waals surface area contributed by atoms with E-state index in [0.717, 1.165) is 12.8 Å². The summed E-state index contributed by atoms with van der Waals surface area (Å²) in [7, 11) is 0. The van der Waals surface area contributed by atoms with E-state index in [1.165, 1.54) is 6.42 Å². The fourth-order valence-electron chi connectivity index (χ4n) is 1.24. The van der Waals surface area contributed by atoms with Gasteiger partial charge in [-0.05, 0) is 33.1 Å². The van der Waals surface area contributed by atoms with Crippen molar-refractivity contribution in [2.75, 3.05) is 0 Å². The van der Waals surface area contributed by atoms with Crippen LogP contribution in [0.25, 0.3) is 0 Å². The van der Waals surface area contributed by atoms with Gasteiger partial charge in [-0.25, -0.2) is 0 Å². The molecule has 0 aliphatic heterocycles. The van der Waals surface area contributed by atoms with Crippen molar-refractivity contribution in [3.05, 3.63) is 0 Å². The Hall–Kier alpha value is -0.570. The maximum absolute atomic E-state index is 11.1. The zero-order valence-corrected chi connectivity index (χ0v) is 7.18. The number of nitrogens with one attached hydrogen (secondary N) is 1. The molecule has 3 heteroatoms. The molecule has 0 saturated heterocycles. The topological polar surface area (TPSA) is 55.1 Å². The number of carbonyl (C=O) groups excluding carboxylic acids is 1. The smallest absolute Gasteiger partial charge is 0.237 e. The highest BCUT2D eigenvalue weighted by molar-refractivity contribution is 5.81. The lowest BCUT2D eigenvalue weighted by Gasteiger charge is -2.39. The zero-order chi connectivity index (χ0) is 8.48. The van der Waals surface area contributed by atoms with Gasteiger partial charge in [0.1, 0.15) is 0 Å². The van der Waals surface area contributed by atoms with Crippen molar-refractivity contribution in [1.82, 2.24) is 5.32 Å². The van der Waals surface area contributed by atoms with Gasteiger partial charge in [0.25, 0.3) is 0 Å². The van der Waals surface area contributed by atoms with Crippen LogP contribution >= 0.6 is 0 Å². The number of nitrogens with two attached hydrogens (primary N) is 1. The maximum atomic E-state index is 11.1. The first-order valence-electron chi connectivity index (χ1n) is 4.11. The Kier molecular flexibility index (Phi) is 2.18. The number of hydrogen-bond acceptors (Lipinski definition) is 2. The Labute approximate surface area is 67.3 Å². The SMILES string of the molecule is CC(N)C(=O)NC1(C)CCC1. The molecule has 1 saturated carbocycles. The van der Waals surface area contributed by atoms with Gasteiger partial charge in [-0.15, -0.1) is 0 Å². The van der Waals surface area contributed by atoms with Crippen LogP contribution in [0.5, 0.6) is 0 Å². The van der Waals surface area contributed by atoms with Gasteiger partial charge in [0.15, 0.2) is 0 Å². The summed E-state index contributed by atoms with van der Waals surface area (Å²) in [5.41, 5.74) is 5.46. The fraction of sp³-hybridized carbons (Fsp3) is 0.875. The average molecular weight is 156 g/mol. The number of rotatable bonds is 2. The van der Waals surface area contributed by atoms with Gasteiger partial charge in [0.05, 0.1) is 6.04 Å². The van der Waals surface area contributed by atoms with Crippen molar-refractivity contribution >= 4 is 5.91 Å². The van der Waals surface area contributed by atoms with Gasteiger partial charge < -0.3 is 11.1 Å². The first-order valence-corrected chi connectivity index (χ1v) is 4.11. The fourth-order valence-corrected chi connectivity index (χ4v) is 1.24. The predicted octanol–water partition coefficient (Wildman–Crippen LogP) is 0.392.